The molecule has 0 saturated heterocycles. The summed E-state index contributed by atoms with van der Waals surface area (Å²) in [6, 6.07) is 13.7. The number of hydrogen-bond donors (Lipinski definition) is 2. The maximum Gasteiger partial charge on any atom is 0.323 e. The van der Waals surface area contributed by atoms with Crippen molar-refractivity contribution in [2.45, 2.75) is 36.7 Å². The zero-order valence-corrected chi connectivity index (χ0v) is 16.9. The summed E-state index contributed by atoms with van der Waals surface area (Å²) in [6.07, 6.45) is 1.81. The lowest BCUT2D eigenvalue weighted by Crippen LogP contribution is -2.40. The second-order valence-corrected chi connectivity index (χ2v) is 9.41. The van der Waals surface area contributed by atoms with Gasteiger partial charge in [0.05, 0.1) is 4.90 Å². The van der Waals surface area contributed by atoms with Gasteiger partial charge in [0.2, 0.25) is 10.0 Å². The summed E-state index contributed by atoms with van der Waals surface area (Å²) in [5.41, 5.74) is 9.10. The van der Waals surface area contributed by atoms with Gasteiger partial charge in [0.1, 0.15) is 6.54 Å². The lowest BCUT2D eigenvalue weighted by atomic mass is 9.91. The molecule has 0 spiro atoms. The van der Waals surface area contributed by atoms with Crippen LogP contribution in [0.5, 0.6) is 0 Å². The molecular formula is C21H23N3O4S. The SMILES string of the molecule is CN(C1CCc2c(c3ccccc3n2CC(=O)O)C1)S(=O)(=O)c1ccc(N)cc1. The number of benzene rings is 2. The second kappa shape index (κ2) is 7.20. The van der Waals surface area contributed by atoms with E-state index < -0.39 is 16.0 Å². The van der Waals surface area contributed by atoms with Crippen LogP contribution < -0.4 is 5.73 Å². The van der Waals surface area contributed by atoms with Crippen LogP contribution in [0.25, 0.3) is 10.9 Å². The van der Waals surface area contributed by atoms with Gasteiger partial charge in [0.15, 0.2) is 0 Å². The molecule has 1 unspecified atom stereocenters. The van der Waals surface area contributed by atoms with E-state index in [2.05, 4.69) is 0 Å². The van der Waals surface area contributed by atoms with Gasteiger partial charge in [-0.15, -0.1) is 0 Å². The van der Waals surface area contributed by atoms with Crippen molar-refractivity contribution in [3.05, 3.63) is 59.8 Å². The summed E-state index contributed by atoms with van der Waals surface area (Å²) >= 11 is 0. The fourth-order valence-electron chi connectivity index (χ4n) is 4.21. The summed E-state index contributed by atoms with van der Waals surface area (Å²) in [7, 11) is -2.04. The average Bonchev–Trinajstić information content (AvgIpc) is 3.00. The molecule has 0 amide bonds. The molecule has 1 heterocycles. The van der Waals surface area contributed by atoms with Crippen LogP contribution in [-0.2, 0) is 34.2 Å². The number of aliphatic carboxylic acids is 1. The number of aromatic nitrogens is 1. The Morgan fingerprint density at radius 1 is 1.21 bits per heavy atom. The first-order valence-electron chi connectivity index (χ1n) is 9.43. The number of hydrogen-bond acceptors (Lipinski definition) is 4. The minimum absolute atomic E-state index is 0.0971. The Morgan fingerprint density at radius 3 is 2.59 bits per heavy atom. The first-order chi connectivity index (χ1) is 13.8. The van der Waals surface area contributed by atoms with Crippen molar-refractivity contribution in [1.29, 1.82) is 0 Å². The molecule has 1 aliphatic rings. The molecule has 1 atom stereocenters. The zero-order valence-electron chi connectivity index (χ0n) is 16.1. The molecule has 0 aliphatic heterocycles. The van der Waals surface area contributed by atoms with Crippen LogP contribution in [0, 0.1) is 0 Å². The number of likely N-dealkylation sites (N-methyl/N-ethyl adjacent to an activating group) is 1. The average molecular weight is 413 g/mol. The lowest BCUT2D eigenvalue weighted by Gasteiger charge is -2.31. The predicted molar refractivity (Wildman–Crippen MR) is 111 cm³/mol. The van der Waals surface area contributed by atoms with Gasteiger partial charge in [-0.1, -0.05) is 18.2 Å². The van der Waals surface area contributed by atoms with Gasteiger partial charge >= 0.3 is 5.97 Å². The van der Waals surface area contributed by atoms with Gasteiger partial charge in [-0.05, 0) is 55.2 Å². The molecule has 1 aliphatic carbocycles. The molecule has 152 valence electrons. The van der Waals surface area contributed by atoms with Gasteiger partial charge in [0, 0.05) is 35.4 Å². The van der Waals surface area contributed by atoms with E-state index in [4.69, 9.17) is 5.73 Å². The standard InChI is InChI=1S/C21H23N3O4S/c1-23(29(27,28)16-9-6-14(22)7-10-16)15-8-11-20-18(12-15)17-4-2-3-5-19(17)24(20)13-21(25)26/h2-7,9-10,15H,8,11-13,22H2,1H3,(H,25,26). The highest BCUT2D eigenvalue weighted by molar-refractivity contribution is 7.89. The van der Waals surface area contributed by atoms with Crippen LogP contribution in [0.15, 0.2) is 53.4 Å². The number of anilines is 1. The number of carbonyl (C=O) groups is 1. The molecule has 1 aromatic heterocycles. The lowest BCUT2D eigenvalue weighted by molar-refractivity contribution is -0.137. The quantitative estimate of drug-likeness (QED) is 0.625. The first-order valence-corrected chi connectivity index (χ1v) is 10.9. The summed E-state index contributed by atoms with van der Waals surface area (Å²) in [5.74, 6) is -0.890. The Labute approximate surface area is 169 Å². The fourth-order valence-corrected chi connectivity index (χ4v) is 5.60. The Bertz CT molecular complexity index is 1180. The van der Waals surface area contributed by atoms with Crippen LogP contribution in [0.4, 0.5) is 5.69 Å². The van der Waals surface area contributed by atoms with Crippen molar-refractivity contribution < 1.29 is 18.3 Å². The normalized spacial score (nSPS) is 16.8. The largest absolute Gasteiger partial charge is 0.480 e. The van der Waals surface area contributed by atoms with Gasteiger partial charge in [-0.2, -0.15) is 4.31 Å². The van der Waals surface area contributed by atoms with Gasteiger partial charge < -0.3 is 15.4 Å². The number of nitrogens with two attached hydrogens (primary N) is 1. The topological polar surface area (TPSA) is 106 Å². The molecule has 29 heavy (non-hydrogen) atoms. The molecule has 3 aromatic rings. The van der Waals surface area contributed by atoms with Crippen molar-refractivity contribution >= 4 is 32.6 Å². The van der Waals surface area contributed by atoms with Crippen LogP contribution in [-0.4, -0.2) is 41.5 Å². The molecule has 0 fully saturated rings. The Hall–Kier alpha value is -2.84. The van der Waals surface area contributed by atoms with E-state index in [1.807, 2.05) is 28.8 Å². The summed E-state index contributed by atoms with van der Waals surface area (Å²) in [5, 5.41) is 10.3. The van der Waals surface area contributed by atoms with E-state index in [0.717, 1.165) is 22.2 Å². The maximum absolute atomic E-state index is 13.1. The number of nitrogens with zero attached hydrogens (tertiary/aromatic N) is 2. The number of rotatable bonds is 5. The molecule has 0 radical (unpaired) electrons. The van der Waals surface area contributed by atoms with E-state index >= 15 is 0 Å². The molecular weight excluding hydrogens is 390 g/mol. The predicted octanol–water partition coefficient (Wildman–Crippen LogP) is 2.49. The Morgan fingerprint density at radius 2 is 1.90 bits per heavy atom. The minimum atomic E-state index is -3.65. The number of fused-ring (bicyclic) bond motifs is 3. The summed E-state index contributed by atoms with van der Waals surface area (Å²) in [6.45, 7) is -0.0971. The number of para-hydroxylation sites is 1. The highest BCUT2D eigenvalue weighted by atomic mass is 32.2. The monoisotopic (exact) mass is 413 g/mol. The van der Waals surface area contributed by atoms with Crippen molar-refractivity contribution in [2.24, 2.45) is 0 Å². The van der Waals surface area contributed by atoms with Gasteiger partial charge in [0.25, 0.3) is 0 Å². The van der Waals surface area contributed by atoms with Gasteiger partial charge in [-0.25, -0.2) is 8.42 Å². The third kappa shape index (κ3) is 3.38. The molecule has 0 saturated carbocycles. The van der Waals surface area contributed by atoms with Crippen molar-refractivity contribution in [2.75, 3.05) is 12.8 Å². The van der Waals surface area contributed by atoms with Crippen LogP contribution in [0.1, 0.15) is 17.7 Å². The zero-order chi connectivity index (χ0) is 20.8. The van der Waals surface area contributed by atoms with Crippen LogP contribution >= 0.6 is 0 Å². The molecule has 7 nitrogen and oxygen atoms in total. The number of nitrogen functional groups attached to an aromatic ring is 1. The van der Waals surface area contributed by atoms with Crippen LogP contribution in [0.2, 0.25) is 0 Å². The third-order valence-electron chi connectivity index (χ3n) is 5.71. The minimum Gasteiger partial charge on any atom is -0.480 e. The van der Waals surface area contributed by atoms with Crippen molar-refractivity contribution in [3.63, 3.8) is 0 Å². The van der Waals surface area contributed by atoms with Gasteiger partial charge in [-0.3, -0.25) is 4.79 Å². The Kier molecular flexibility index (Phi) is 4.84. The number of carboxylic acid groups (broad SMARTS) is 1. The third-order valence-corrected chi connectivity index (χ3v) is 7.64. The molecule has 3 N–H and O–H groups in total. The van der Waals surface area contributed by atoms with E-state index in [1.165, 1.54) is 16.4 Å². The number of carboxylic acids is 1. The summed E-state index contributed by atoms with van der Waals surface area (Å²) < 4.78 is 29.4. The van der Waals surface area contributed by atoms with E-state index in [-0.39, 0.29) is 17.5 Å². The highest BCUT2D eigenvalue weighted by Crippen LogP contribution is 2.34. The van der Waals surface area contributed by atoms with E-state index in [0.29, 0.717) is 24.9 Å². The Balaban J connectivity index is 1.70. The molecule has 8 heteroatoms. The summed E-state index contributed by atoms with van der Waals surface area (Å²) in [4.78, 5) is 11.6. The van der Waals surface area contributed by atoms with Crippen molar-refractivity contribution in [1.82, 2.24) is 8.87 Å². The molecule has 4 rings (SSSR count). The van der Waals surface area contributed by atoms with Crippen LogP contribution in [0.3, 0.4) is 0 Å². The van der Waals surface area contributed by atoms with E-state index in [9.17, 15) is 18.3 Å². The first kappa shape index (κ1) is 19.5. The second-order valence-electron chi connectivity index (χ2n) is 7.41. The molecule has 2 aromatic carbocycles. The maximum atomic E-state index is 13.1. The molecule has 0 bridgehead atoms. The smallest absolute Gasteiger partial charge is 0.323 e. The fraction of sp³-hybridized carbons (Fsp3) is 0.286. The number of sulfonamides is 1. The van der Waals surface area contributed by atoms with E-state index in [1.54, 1.807) is 19.2 Å². The van der Waals surface area contributed by atoms with Crippen molar-refractivity contribution in [3.8, 4) is 0 Å². The highest BCUT2D eigenvalue weighted by Gasteiger charge is 2.33.